The van der Waals surface area contributed by atoms with Crippen molar-refractivity contribution in [3.63, 3.8) is 0 Å². The third kappa shape index (κ3) is 5.70. The molecule has 0 aliphatic heterocycles. The molecule has 0 aliphatic rings. The average molecular weight is 392 g/mol. The number of esters is 1. The van der Waals surface area contributed by atoms with Gasteiger partial charge in [0.2, 0.25) is 10.0 Å². The average Bonchev–Trinajstić information content (AvgIpc) is 2.42. The molecule has 124 valence electrons. The van der Waals surface area contributed by atoms with E-state index in [1.54, 1.807) is 26.0 Å². The molecule has 5 nitrogen and oxygen atoms in total. The molecular weight excluding hydrogens is 370 g/mol. The minimum Gasteiger partial charge on any atom is -0.464 e. The molecule has 0 saturated carbocycles. The molecule has 0 aliphatic carbocycles. The van der Waals surface area contributed by atoms with Gasteiger partial charge in [0, 0.05) is 4.47 Å². The van der Waals surface area contributed by atoms with Gasteiger partial charge >= 0.3 is 5.97 Å². The van der Waals surface area contributed by atoms with Crippen LogP contribution >= 0.6 is 15.9 Å². The van der Waals surface area contributed by atoms with Crippen LogP contribution in [0.15, 0.2) is 33.6 Å². The molecule has 0 bridgehead atoms. The first-order chi connectivity index (χ1) is 10.1. The highest BCUT2D eigenvalue weighted by Gasteiger charge is 2.29. The molecule has 0 radical (unpaired) electrons. The zero-order valence-electron chi connectivity index (χ0n) is 13.2. The van der Waals surface area contributed by atoms with E-state index in [-0.39, 0.29) is 23.3 Å². The highest BCUT2D eigenvalue weighted by Crippen LogP contribution is 2.16. The van der Waals surface area contributed by atoms with Gasteiger partial charge < -0.3 is 4.74 Å². The Morgan fingerprint density at radius 1 is 1.18 bits per heavy atom. The van der Waals surface area contributed by atoms with Crippen LogP contribution in [0.4, 0.5) is 0 Å². The maximum Gasteiger partial charge on any atom is 0.324 e. The number of ether oxygens (including phenoxy) is 1. The Morgan fingerprint density at radius 3 is 2.18 bits per heavy atom. The Bertz CT molecular complexity index is 596. The van der Waals surface area contributed by atoms with Crippen LogP contribution < -0.4 is 4.72 Å². The van der Waals surface area contributed by atoms with Crippen LogP contribution in [0.25, 0.3) is 0 Å². The summed E-state index contributed by atoms with van der Waals surface area (Å²) in [6.07, 6.45) is 0. The van der Waals surface area contributed by atoms with Crippen molar-refractivity contribution in [1.82, 2.24) is 4.72 Å². The molecule has 22 heavy (non-hydrogen) atoms. The second-order valence-corrected chi connectivity index (χ2v) is 8.45. The predicted octanol–water partition coefficient (Wildman–Crippen LogP) is 2.95. The van der Waals surface area contributed by atoms with E-state index >= 15 is 0 Å². The van der Waals surface area contributed by atoms with Gasteiger partial charge in [-0.2, -0.15) is 4.72 Å². The van der Waals surface area contributed by atoms with Crippen LogP contribution in [0.2, 0.25) is 0 Å². The molecule has 0 fully saturated rings. The lowest BCUT2D eigenvalue weighted by Crippen LogP contribution is -2.45. The molecule has 1 N–H and O–H groups in total. The minimum absolute atomic E-state index is 0.109. The fourth-order valence-corrected chi connectivity index (χ4v) is 3.24. The van der Waals surface area contributed by atoms with Crippen molar-refractivity contribution in [3.05, 3.63) is 28.7 Å². The topological polar surface area (TPSA) is 72.5 Å². The van der Waals surface area contributed by atoms with Crippen LogP contribution in [0.5, 0.6) is 0 Å². The number of hydrogen-bond donors (Lipinski definition) is 1. The molecule has 0 unspecified atom stereocenters. The number of carbonyl (C=O) groups excluding carboxylic acids is 1. The molecule has 1 aromatic rings. The Labute approximate surface area is 140 Å². The van der Waals surface area contributed by atoms with E-state index in [9.17, 15) is 13.2 Å². The Kier molecular flexibility index (Phi) is 7.02. The normalized spacial score (nSPS) is 13.4. The van der Waals surface area contributed by atoms with E-state index in [1.165, 1.54) is 12.1 Å². The molecule has 0 amide bonds. The first kappa shape index (κ1) is 19.1. The smallest absolute Gasteiger partial charge is 0.324 e. The molecule has 1 aromatic carbocycles. The van der Waals surface area contributed by atoms with Crippen LogP contribution in [-0.2, 0) is 19.6 Å². The number of nitrogens with one attached hydrogen (secondary N) is 1. The van der Waals surface area contributed by atoms with Crippen molar-refractivity contribution in [2.24, 2.45) is 11.8 Å². The summed E-state index contributed by atoms with van der Waals surface area (Å²) in [5.41, 5.74) is 0. The summed E-state index contributed by atoms with van der Waals surface area (Å²) in [5.74, 6) is -0.575. The molecule has 0 spiro atoms. The van der Waals surface area contributed by atoms with Crippen molar-refractivity contribution in [2.75, 3.05) is 6.61 Å². The molecule has 1 rings (SSSR count). The molecule has 7 heteroatoms. The molecular formula is C15H22BrNO4S. The van der Waals surface area contributed by atoms with Crippen LogP contribution in [-0.4, -0.2) is 27.0 Å². The summed E-state index contributed by atoms with van der Waals surface area (Å²) >= 11 is 3.25. The van der Waals surface area contributed by atoms with E-state index < -0.39 is 22.0 Å². The van der Waals surface area contributed by atoms with Gasteiger partial charge in [0.05, 0.1) is 11.5 Å². The molecule has 0 heterocycles. The largest absolute Gasteiger partial charge is 0.464 e. The van der Waals surface area contributed by atoms with Gasteiger partial charge in [-0.25, -0.2) is 8.42 Å². The summed E-state index contributed by atoms with van der Waals surface area (Å²) < 4.78 is 33.1. The van der Waals surface area contributed by atoms with Crippen molar-refractivity contribution >= 4 is 31.9 Å². The fourth-order valence-electron chi connectivity index (χ4n) is 1.64. The van der Waals surface area contributed by atoms with Crippen LogP contribution in [0.1, 0.15) is 27.7 Å². The first-order valence-corrected chi connectivity index (χ1v) is 9.35. The third-order valence-corrected chi connectivity index (χ3v) is 4.87. The molecule has 1 atom stereocenters. The predicted molar refractivity (Wildman–Crippen MR) is 88.9 cm³/mol. The van der Waals surface area contributed by atoms with Gasteiger partial charge in [0.1, 0.15) is 6.04 Å². The van der Waals surface area contributed by atoms with E-state index in [2.05, 4.69) is 20.7 Å². The number of sulfonamides is 1. The van der Waals surface area contributed by atoms with Crippen LogP contribution in [0, 0.1) is 11.8 Å². The highest BCUT2D eigenvalue weighted by molar-refractivity contribution is 9.10. The number of rotatable bonds is 7. The van der Waals surface area contributed by atoms with Crippen molar-refractivity contribution < 1.29 is 17.9 Å². The fraction of sp³-hybridized carbons (Fsp3) is 0.533. The van der Waals surface area contributed by atoms with Crippen molar-refractivity contribution in [2.45, 2.75) is 38.6 Å². The highest BCUT2D eigenvalue weighted by atomic mass is 79.9. The Morgan fingerprint density at radius 2 is 1.73 bits per heavy atom. The second-order valence-electron chi connectivity index (χ2n) is 5.82. The van der Waals surface area contributed by atoms with Crippen LogP contribution in [0.3, 0.4) is 0 Å². The van der Waals surface area contributed by atoms with Gasteiger partial charge in [-0.15, -0.1) is 0 Å². The lowest BCUT2D eigenvalue weighted by Gasteiger charge is -2.21. The zero-order chi connectivity index (χ0) is 16.9. The van der Waals surface area contributed by atoms with E-state index in [0.717, 1.165) is 4.47 Å². The second kappa shape index (κ2) is 8.08. The summed E-state index contributed by atoms with van der Waals surface area (Å²) in [6, 6.07) is 5.31. The molecule has 0 saturated heterocycles. The Hall–Kier alpha value is -0.920. The monoisotopic (exact) mass is 391 g/mol. The van der Waals surface area contributed by atoms with E-state index in [1.807, 2.05) is 13.8 Å². The molecule has 0 aromatic heterocycles. The number of benzene rings is 1. The van der Waals surface area contributed by atoms with Crippen molar-refractivity contribution in [3.8, 4) is 0 Å². The Balaban J connectivity index is 2.90. The minimum atomic E-state index is -3.78. The number of hydrogen-bond acceptors (Lipinski definition) is 4. The van der Waals surface area contributed by atoms with Gasteiger partial charge in [-0.1, -0.05) is 43.6 Å². The summed E-state index contributed by atoms with van der Waals surface area (Å²) in [5, 5.41) is 0. The van der Waals surface area contributed by atoms with Crippen molar-refractivity contribution in [1.29, 1.82) is 0 Å². The number of carbonyl (C=O) groups is 1. The van der Waals surface area contributed by atoms with Gasteiger partial charge in [-0.05, 0) is 36.1 Å². The lowest BCUT2D eigenvalue weighted by molar-refractivity contribution is -0.147. The SMILES string of the molecule is CC(C)COC(=O)[C@H](NS(=O)(=O)c1ccc(Br)cc1)C(C)C. The van der Waals surface area contributed by atoms with E-state index in [4.69, 9.17) is 4.74 Å². The van der Waals surface area contributed by atoms with Gasteiger partial charge in [0.25, 0.3) is 0 Å². The van der Waals surface area contributed by atoms with Gasteiger partial charge in [-0.3, -0.25) is 4.79 Å². The zero-order valence-corrected chi connectivity index (χ0v) is 15.6. The maximum absolute atomic E-state index is 12.4. The third-order valence-electron chi connectivity index (χ3n) is 2.89. The standard InChI is InChI=1S/C15H22BrNO4S/c1-10(2)9-21-15(18)14(11(3)4)17-22(19,20)13-7-5-12(16)6-8-13/h5-8,10-11,14,17H,9H2,1-4H3/t14-/m1/s1. The number of halogens is 1. The first-order valence-electron chi connectivity index (χ1n) is 7.08. The quantitative estimate of drug-likeness (QED) is 0.725. The van der Waals surface area contributed by atoms with Gasteiger partial charge in [0.15, 0.2) is 0 Å². The lowest BCUT2D eigenvalue weighted by atomic mass is 10.1. The maximum atomic E-state index is 12.4. The summed E-state index contributed by atoms with van der Waals surface area (Å²) in [4.78, 5) is 12.2. The summed E-state index contributed by atoms with van der Waals surface area (Å²) in [7, 11) is -3.78. The van der Waals surface area contributed by atoms with E-state index in [0.29, 0.717) is 0 Å². The summed E-state index contributed by atoms with van der Waals surface area (Å²) in [6.45, 7) is 7.65.